The van der Waals surface area contributed by atoms with Crippen molar-refractivity contribution < 1.29 is 8.42 Å². The van der Waals surface area contributed by atoms with E-state index in [1.165, 1.54) is 6.33 Å². The zero-order valence-electron chi connectivity index (χ0n) is 11.4. The lowest BCUT2D eigenvalue weighted by atomic mass is 9.92. The predicted octanol–water partition coefficient (Wildman–Crippen LogP) is 0.791. The highest BCUT2D eigenvalue weighted by Crippen LogP contribution is 2.31. The van der Waals surface area contributed by atoms with Gasteiger partial charge in [0.1, 0.15) is 12.0 Å². The quantitative estimate of drug-likeness (QED) is 0.844. The molecule has 1 fully saturated rings. The molecule has 7 nitrogen and oxygen atoms in total. The number of hydrogen-bond donors (Lipinski definition) is 1. The summed E-state index contributed by atoms with van der Waals surface area (Å²) in [4.78, 5) is 11.1. The fourth-order valence-corrected chi connectivity index (χ4v) is 2.96. The van der Waals surface area contributed by atoms with Crippen molar-refractivity contribution in [1.82, 2.24) is 19.4 Å². The Kier molecular flexibility index (Phi) is 3.14. The topological polar surface area (TPSA) is 80.1 Å². The van der Waals surface area contributed by atoms with Gasteiger partial charge in [-0.15, -0.1) is 4.83 Å². The third-order valence-electron chi connectivity index (χ3n) is 3.57. The molecule has 1 aliphatic rings. The largest absolute Gasteiger partial charge is 0.335 e. The second-order valence-corrected chi connectivity index (χ2v) is 6.91. The van der Waals surface area contributed by atoms with Gasteiger partial charge in [-0.2, -0.15) is 0 Å². The van der Waals surface area contributed by atoms with Gasteiger partial charge >= 0.3 is 0 Å². The average Bonchev–Trinajstić information content (AvgIpc) is 2.66. The number of nitrogens with zero attached hydrogens (tertiary/aromatic N) is 4. The van der Waals surface area contributed by atoms with Crippen LogP contribution in [0.25, 0.3) is 11.0 Å². The molecule has 0 spiro atoms. The van der Waals surface area contributed by atoms with E-state index in [2.05, 4.69) is 14.8 Å². The van der Waals surface area contributed by atoms with Crippen LogP contribution >= 0.6 is 0 Å². The molecule has 0 atom stereocenters. The van der Waals surface area contributed by atoms with Crippen LogP contribution in [0.5, 0.6) is 0 Å². The van der Waals surface area contributed by atoms with Crippen molar-refractivity contribution in [3.8, 4) is 0 Å². The first kappa shape index (κ1) is 13.3. The normalized spacial score (nSPS) is 16.3. The van der Waals surface area contributed by atoms with Crippen molar-refractivity contribution in [2.45, 2.75) is 25.3 Å². The minimum atomic E-state index is -3.35. The molecule has 0 unspecified atom stereocenters. The van der Waals surface area contributed by atoms with Gasteiger partial charge in [-0.05, 0) is 25.3 Å². The molecule has 0 amide bonds. The Morgan fingerprint density at radius 1 is 1.40 bits per heavy atom. The van der Waals surface area contributed by atoms with Crippen LogP contribution in [0.2, 0.25) is 0 Å². The van der Waals surface area contributed by atoms with Crippen molar-refractivity contribution in [2.24, 2.45) is 7.05 Å². The Balaban J connectivity index is 2.08. The van der Waals surface area contributed by atoms with E-state index < -0.39 is 10.0 Å². The summed E-state index contributed by atoms with van der Waals surface area (Å²) in [6, 6.07) is 2.06. The van der Waals surface area contributed by atoms with E-state index in [0.29, 0.717) is 5.82 Å². The Morgan fingerprint density at radius 3 is 2.75 bits per heavy atom. The maximum Gasteiger partial charge on any atom is 0.225 e. The number of rotatable bonds is 4. The number of anilines is 1. The third kappa shape index (κ3) is 2.36. The fourth-order valence-electron chi connectivity index (χ4n) is 2.37. The van der Waals surface area contributed by atoms with E-state index in [4.69, 9.17) is 0 Å². The molecule has 2 heterocycles. The number of aromatic nitrogens is 3. The maximum atomic E-state index is 11.6. The zero-order chi connectivity index (χ0) is 14.3. The molecule has 0 aliphatic heterocycles. The fraction of sp³-hybridized carbons (Fsp3) is 0.500. The van der Waals surface area contributed by atoms with Gasteiger partial charge in [-0.1, -0.05) is 0 Å². The molecule has 0 saturated heterocycles. The van der Waals surface area contributed by atoms with Crippen molar-refractivity contribution in [3.05, 3.63) is 18.6 Å². The van der Waals surface area contributed by atoms with E-state index in [-0.39, 0.29) is 6.04 Å². The third-order valence-corrected chi connectivity index (χ3v) is 4.10. The van der Waals surface area contributed by atoms with E-state index in [1.807, 2.05) is 23.9 Å². The summed E-state index contributed by atoms with van der Waals surface area (Å²) in [7, 11) is -1.45. The molecule has 1 aliphatic carbocycles. The van der Waals surface area contributed by atoms with Crippen LogP contribution in [0.4, 0.5) is 5.82 Å². The molecule has 1 saturated carbocycles. The summed E-state index contributed by atoms with van der Waals surface area (Å²) >= 11 is 0. The van der Waals surface area contributed by atoms with Crippen molar-refractivity contribution >= 4 is 26.9 Å². The summed E-state index contributed by atoms with van der Waals surface area (Å²) in [6.45, 7) is 0. The zero-order valence-corrected chi connectivity index (χ0v) is 12.3. The monoisotopic (exact) mass is 295 g/mol. The molecule has 20 heavy (non-hydrogen) atoms. The van der Waals surface area contributed by atoms with E-state index in [9.17, 15) is 8.42 Å². The molecule has 108 valence electrons. The predicted molar refractivity (Wildman–Crippen MR) is 76.6 cm³/mol. The van der Waals surface area contributed by atoms with Crippen LogP contribution in [0.15, 0.2) is 18.6 Å². The number of sulfonamides is 1. The van der Waals surface area contributed by atoms with Crippen LogP contribution < -0.4 is 9.84 Å². The summed E-state index contributed by atoms with van der Waals surface area (Å²) in [6.07, 6.45) is 7.54. The summed E-state index contributed by atoms with van der Waals surface area (Å²) in [5.74, 6) is 0.616. The van der Waals surface area contributed by atoms with Gasteiger partial charge in [0.05, 0.1) is 11.6 Å². The highest BCUT2D eigenvalue weighted by atomic mass is 32.2. The number of fused-ring (bicyclic) bond motifs is 1. The molecule has 8 heteroatoms. The van der Waals surface area contributed by atoms with Gasteiger partial charge < -0.3 is 4.57 Å². The Morgan fingerprint density at radius 2 is 2.15 bits per heavy atom. The Bertz CT molecular complexity index is 735. The van der Waals surface area contributed by atoms with Crippen LogP contribution in [0.3, 0.4) is 0 Å². The van der Waals surface area contributed by atoms with E-state index in [1.54, 1.807) is 5.01 Å². The van der Waals surface area contributed by atoms with Crippen molar-refractivity contribution in [2.75, 3.05) is 11.3 Å². The molecule has 0 radical (unpaired) electrons. The first-order valence-electron chi connectivity index (χ1n) is 6.48. The average molecular weight is 295 g/mol. The highest BCUT2D eigenvalue weighted by molar-refractivity contribution is 7.88. The minimum Gasteiger partial charge on any atom is -0.335 e. The lowest BCUT2D eigenvalue weighted by Gasteiger charge is -2.37. The number of hydrogen-bond acceptors (Lipinski definition) is 5. The van der Waals surface area contributed by atoms with Crippen LogP contribution in [0, 0.1) is 0 Å². The standard InChI is InChI=1S/C12H17N5O2S/c1-16-7-6-10-11(16)13-8-14-12(10)17(9-4-3-5-9)15-20(2,18)19/h6-9,15H,3-5H2,1-2H3. The molecule has 3 rings (SSSR count). The minimum absolute atomic E-state index is 0.156. The summed E-state index contributed by atoms with van der Waals surface area (Å²) in [5.41, 5.74) is 0.787. The molecular weight excluding hydrogens is 278 g/mol. The van der Waals surface area contributed by atoms with Gasteiger partial charge in [0.15, 0.2) is 5.82 Å². The molecule has 2 aromatic heterocycles. The first-order chi connectivity index (χ1) is 9.46. The molecule has 2 aromatic rings. The van der Waals surface area contributed by atoms with E-state index in [0.717, 1.165) is 36.6 Å². The van der Waals surface area contributed by atoms with Crippen LogP contribution in [-0.2, 0) is 17.1 Å². The van der Waals surface area contributed by atoms with Crippen molar-refractivity contribution in [1.29, 1.82) is 0 Å². The number of nitrogens with one attached hydrogen (secondary N) is 1. The Labute approximate surface area is 117 Å². The second kappa shape index (κ2) is 4.71. The lowest BCUT2D eigenvalue weighted by molar-refractivity contribution is 0.375. The second-order valence-electron chi connectivity index (χ2n) is 5.18. The lowest BCUT2D eigenvalue weighted by Crippen LogP contribution is -2.51. The van der Waals surface area contributed by atoms with Gasteiger partial charge in [0.25, 0.3) is 0 Å². The van der Waals surface area contributed by atoms with E-state index >= 15 is 0 Å². The summed E-state index contributed by atoms with van der Waals surface area (Å²) in [5, 5.41) is 2.51. The van der Waals surface area contributed by atoms with Crippen LogP contribution in [0.1, 0.15) is 19.3 Å². The number of aryl methyl sites for hydroxylation is 1. The van der Waals surface area contributed by atoms with Crippen LogP contribution in [-0.4, -0.2) is 35.3 Å². The summed E-state index contributed by atoms with van der Waals surface area (Å²) < 4.78 is 25.1. The van der Waals surface area contributed by atoms with Crippen molar-refractivity contribution in [3.63, 3.8) is 0 Å². The molecule has 0 bridgehead atoms. The number of hydrazine groups is 1. The molecule has 0 aromatic carbocycles. The van der Waals surface area contributed by atoms with Gasteiger partial charge in [0.2, 0.25) is 10.0 Å². The SMILES string of the molecule is Cn1ccc2c(N(NS(C)(=O)=O)C3CCC3)ncnc21. The smallest absolute Gasteiger partial charge is 0.225 e. The Hall–Kier alpha value is -1.67. The highest BCUT2D eigenvalue weighted by Gasteiger charge is 2.29. The first-order valence-corrected chi connectivity index (χ1v) is 8.37. The van der Waals surface area contributed by atoms with Gasteiger partial charge in [-0.3, -0.25) is 5.01 Å². The maximum absolute atomic E-state index is 11.6. The molecule has 1 N–H and O–H groups in total. The van der Waals surface area contributed by atoms with Gasteiger partial charge in [-0.25, -0.2) is 18.4 Å². The van der Waals surface area contributed by atoms with Gasteiger partial charge in [0, 0.05) is 19.3 Å². The molecular formula is C12H17N5O2S.